The Morgan fingerprint density at radius 1 is 1.17 bits per heavy atom. The van der Waals surface area contributed by atoms with Gasteiger partial charge in [0.2, 0.25) is 10.0 Å². The number of sulfonamides is 1. The molecule has 23 heavy (non-hydrogen) atoms. The number of hydrogen-bond acceptors (Lipinski definition) is 3. The molecule has 6 heteroatoms. The molecule has 2 atom stereocenters. The average molecular weight is 338 g/mol. The Morgan fingerprint density at radius 3 is 2.26 bits per heavy atom. The van der Waals surface area contributed by atoms with Gasteiger partial charge in [-0.1, -0.05) is 6.07 Å². The summed E-state index contributed by atoms with van der Waals surface area (Å²) in [5.41, 5.74) is 1.09. The molecular weight excluding hydrogens is 312 g/mol. The highest BCUT2D eigenvalue weighted by Gasteiger charge is 2.30. The van der Waals surface area contributed by atoms with Gasteiger partial charge in [0.1, 0.15) is 0 Å². The molecule has 1 aromatic carbocycles. The van der Waals surface area contributed by atoms with E-state index in [1.165, 1.54) is 24.5 Å². The van der Waals surface area contributed by atoms with Crippen LogP contribution in [0.1, 0.15) is 49.0 Å². The second-order valence-corrected chi connectivity index (χ2v) is 8.73. The van der Waals surface area contributed by atoms with Crippen molar-refractivity contribution >= 4 is 15.9 Å². The Bertz CT molecular complexity index is 688. The van der Waals surface area contributed by atoms with Gasteiger partial charge >= 0.3 is 0 Å². The quantitative estimate of drug-likeness (QED) is 0.851. The number of nitrogens with zero attached hydrogens (tertiary/aromatic N) is 2. The Kier molecular flexibility index (Phi) is 5.16. The van der Waals surface area contributed by atoms with Crippen molar-refractivity contribution in [1.29, 1.82) is 0 Å². The summed E-state index contributed by atoms with van der Waals surface area (Å²) in [6.07, 6.45) is 3.11. The van der Waals surface area contributed by atoms with Crippen LogP contribution in [0.15, 0.2) is 23.1 Å². The normalized spacial score (nSPS) is 22.4. The number of likely N-dealkylation sites (tertiary alicyclic amines) is 1. The Labute approximate surface area is 139 Å². The lowest BCUT2D eigenvalue weighted by molar-refractivity contribution is 0.0510. The molecule has 2 unspecified atom stereocenters. The summed E-state index contributed by atoms with van der Waals surface area (Å²) < 4.78 is 26.0. The SMILES string of the molecule is Cc1ccc(C(=O)N2C(C)CCCC2C)cc1S(=O)(=O)N(C)C. The molecule has 0 aromatic heterocycles. The van der Waals surface area contributed by atoms with Crippen molar-refractivity contribution < 1.29 is 13.2 Å². The second-order valence-electron chi connectivity index (χ2n) is 6.61. The van der Waals surface area contributed by atoms with E-state index in [1.54, 1.807) is 19.1 Å². The fourth-order valence-corrected chi connectivity index (χ4v) is 4.32. The van der Waals surface area contributed by atoms with Crippen LogP contribution in [0.5, 0.6) is 0 Å². The molecule has 2 rings (SSSR count). The van der Waals surface area contributed by atoms with Gasteiger partial charge in [0.15, 0.2) is 0 Å². The first-order valence-electron chi connectivity index (χ1n) is 8.02. The van der Waals surface area contributed by atoms with Crippen molar-refractivity contribution in [3.05, 3.63) is 29.3 Å². The molecule has 1 fully saturated rings. The maximum Gasteiger partial charge on any atom is 0.254 e. The van der Waals surface area contributed by atoms with E-state index < -0.39 is 10.0 Å². The summed E-state index contributed by atoms with van der Waals surface area (Å²) >= 11 is 0. The van der Waals surface area contributed by atoms with Crippen LogP contribution in [0.4, 0.5) is 0 Å². The van der Waals surface area contributed by atoms with Crippen LogP contribution in [-0.2, 0) is 10.0 Å². The van der Waals surface area contributed by atoms with Gasteiger partial charge < -0.3 is 4.90 Å². The van der Waals surface area contributed by atoms with E-state index in [2.05, 4.69) is 13.8 Å². The predicted octanol–water partition coefficient (Wildman–Crippen LogP) is 2.65. The number of rotatable bonds is 3. The van der Waals surface area contributed by atoms with Gasteiger partial charge in [-0.3, -0.25) is 4.79 Å². The van der Waals surface area contributed by atoms with Crippen LogP contribution >= 0.6 is 0 Å². The first kappa shape index (κ1) is 17.9. The van der Waals surface area contributed by atoms with E-state index in [1.807, 2.05) is 4.90 Å². The van der Waals surface area contributed by atoms with Gasteiger partial charge in [0.25, 0.3) is 5.91 Å². The molecule has 1 saturated heterocycles. The zero-order valence-electron chi connectivity index (χ0n) is 14.5. The molecule has 128 valence electrons. The van der Waals surface area contributed by atoms with Crippen LogP contribution in [0.25, 0.3) is 0 Å². The van der Waals surface area contributed by atoms with Crippen molar-refractivity contribution in [2.24, 2.45) is 0 Å². The number of amides is 1. The highest BCUT2D eigenvalue weighted by Crippen LogP contribution is 2.26. The predicted molar refractivity (Wildman–Crippen MR) is 91.0 cm³/mol. The molecule has 0 saturated carbocycles. The maximum absolute atomic E-state index is 12.9. The lowest BCUT2D eigenvalue weighted by Crippen LogP contribution is -2.47. The van der Waals surface area contributed by atoms with Gasteiger partial charge in [-0.05, 0) is 57.7 Å². The number of carbonyl (C=O) groups excluding carboxylic acids is 1. The van der Waals surface area contributed by atoms with E-state index in [0.29, 0.717) is 11.1 Å². The van der Waals surface area contributed by atoms with E-state index >= 15 is 0 Å². The lowest BCUT2D eigenvalue weighted by Gasteiger charge is -2.39. The average Bonchev–Trinajstić information content (AvgIpc) is 2.46. The van der Waals surface area contributed by atoms with Crippen LogP contribution in [0, 0.1) is 6.92 Å². The van der Waals surface area contributed by atoms with Gasteiger partial charge in [0.05, 0.1) is 4.90 Å². The highest BCUT2D eigenvalue weighted by molar-refractivity contribution is 7.89. The maximum atomic E-state index is 12.9. The monoisotopic (exact) mass is 338 g/mol. The minimum absolute atomic E-state index is 0.0834. The summed E-state index contributed by atoms with van der Waals surface area (Å²) in [6, 6.07) is 5.31. The number of benzene rings is 1. The minimum atomic E-state index is -3.56. The third kappa shape index (κ3) is 3.43. The molecule has 0 bridgehead atoms. The topological polar surface area (TPSA) is 57.7 Å². The molecule has 0 aliphatic carbocycles. The summed E-state index contributed by atoms with van der Waals surface area (Å²) in [4.78, 5) is 15.0. The van der Waals surface area contributed by atoms with Crippen molar-refractivity contribution in [2.75, 3.05) is 14.1 Å². The zero-order chi connectivity index (χ0) is 17.4. The molecule has 1 aliphatic rings. The number of carbonyl (C=O) groups is 1. The minimum Gasteiger partial charge on any atom is -0.333 e. The van der Waals surface area contributed by atoms with Gasteiger partial charge in [-0.2, -0.15) is 0 Å². The molecule has 0 spiro atoms. The first-order chi connectivity index (χ1) is 10.7. The standard InChI is InChI=1S/C17H26N2O3S/c1-12-9-10-15(11-16(12)23(21,22)18(4)5)17(20)19-13(2)7-6-8-14(19)3/h9-11,13-14H,6-8H2,1-5H3. The molecule has 1 aliphatic heterocycles. The van der Waals surface area contributed by atoms with Crippen LogP contribution in [-0.4, -0.2) is 49.7 Å². The summed E-state index contributed by atoms with van der Waals surface area (Å²) in [5, 5.41) is 0. The summed E-state index contributed by atoms with van der Waals surface area (Å²) in [7, 11) is -0.563. The number of hydrogen-bond donors (Lipinski definition) is 0. The van der Waals surface area contributed by atoms with Crippen LogP contribution in [0.2, 0.25) is 0 Å². The molecular formula is C17H26N2O3S. The van der Waals surface area contributed by atoms with Crippen molar-refractivity contribution in [1.82, 2.24) is 9.21 Å². The molecule has 1 heterocycles. The van der Waals surface area contributed by atoms with E-state index in [4.69, 9.17) is 0 Å². The highest BCUT2D eigenvalue weighted by atomic mass is 32.2. The zero-order valence-corrected chi connectivity index (χ0v) is 15.4. The smallest absolute Gasteiger partial charge is 0.254 e. The Morgan fingerprint density at radius 2 is 1.74 bits per heavy atom. The third-order valence-corrected chi connectivity index (χ3v) is 6.58. The summed E-state index contributed by atoms with van der Waals surface area (Å²) in [5.74, 6) is -0.0834. The molecule has 1 amide bonds. The van der Waals surface area contributed by atoms with Crippen LogP contribution < -0.4 is 0 Å². The van der Waals surface area contributed by atoms with Crippen molar-refractivity contribution in [2.45, 2.75) is 57.0 Å². The summed E-state index contributed by atoms with van der Waals surface area (Å²) in [6.45, 7) is 5.86. The number of piperidine rings is 1. The van der Waals surface area contributed by atoms with Gasteiger partial charge in [-0.15, -0.1) is 0 Å². The van der Waals surface area contributed by atoms with E-state index in [9.17, 15) is 13.2 Å². The molecule has 0 radical (unpaired) electrons. The number of aryl methyl sites for hydroxylation is 1. The molecule has 1 aromatic rings. The molecule has 5 nitrogen and oxygen atoms in total. The van der Waals surface area contributed by atoms with E-state index in [-0.39, 0.29) is 22.9 Å². The largest absolute Gasteiger partial charge is 0.333 e. The fraction of sp³-hybridized carbons (Fsp3) is 0.588. The van der Waals surface area contributed by atoms with Gasteiger partial charge in [0, 0.05) is 31.7 Å². The van der Waals surface area contributed by atoms with Crippen molar-refractivity contribution in [3.8, 4) is 0 Å². The van der Waals surface area contributed by atoms with E-state index in [0.717, 1.165) is 19.3 Å². The Hall–Kier alpha value is -1.40. The van der Waals surface area contributed by atoms with Crippen molar-refractivity contribution in [3.63, 3.8) is 0 Å². The van der Waals surface area contributed by atoms with Crippen LogP contribution in [0.3, 0.4) is 0 Å². The lowest BCUT2D eigenvalue weighted by atomic mass is 9.96. The van der Waals surface area contributed by atoms with Gasteiger partial charge in [-0.25, -0.2) is 12.7 Å². The molecule has 0 N–H and O–H groups in total. The Balaban J connectivity index is 2.43. The first-order valence-corrected chi connectivity index (χ1v) is 9.46. The second kappa shape index (κ2) is 6.61. The third-order valence-electron chi connectivity index (χ3n) is 4.62. The fourth-order valence-electron chi connectivity index (χ4n) is 3.18.